The Morgan fingerprint density at radius 2 is 1.77 bits per heavy atom. The molecule has 0 radical (unpaired) electrons. The molecule has 6 heteroatoms. The predicted molar refractivity (Wildman–Crippen MR) is 122 cm³/mol. The summed E-state index contributed by atoms with van der Waals surface area (Å²) in [6.07, 6.45) is 0. The molecule has 0 bridgehead atoms. The molecule has 5 nitrogen and oxygen atoms in total. The van der Waals surface area contributed by atoms with Gasteiger partial charge in [0.05, 0.1) is 5.69 Å². The van der Waals surface area contributed by atoms with Crippen molar-refractivity contribution in [2.24, 2.45) is 0 Å². The zero-order chi connectivity index (χ0) is 22.8. The summed E-state index contributed by atoms with van der Waals surface area (Å²) >= 11 is 0. The van der Waals surface area contributed by atoms with Crippen molar-refractivity contribution in [2.45, 2.75) is 58.7 Å². The van der Waals surface area contributed by atoms with Crippen molar-refractivity contribution in [2.75, 3.05) is 25.4 Å². The van der Waals surface area contributed by atoms with E-state index in [1.807, 2.05) is 42.2 Å². The van der Waals surface area contributed by atoms with E-state index in [-0.39, 0.29) is 35.8 Å². The highest BCUT2D eigenvalue weighted by atomic mass is 19.1. The van der Waals surface area contributed by atoms with Gasteiger partial charge in [0.15, 0.2) is 6.61 Å². The Kier molecular flexibility index (Phi) is 6.90. The summed E-state index contributed by atoms with van der Waals surface area (Å²) < 4.78 is 18.9. The SMILES string of the molecule is C[C@@H]1CN(C(=O)COc2ccc(C(C)(C)C)cc2N)[C@@H](C)CN1Cc1ccc(F)cc1. The van der Waals surface area contributed by atoms with E-state index in [2.05, 4.69) is 32.6 Å². The molecule has 168 valence electrons. The van der Waals surface area contributed by atoms with Gasteiger partial charge in [-0.3, -0.25) is 9.69 Å². The number of carbonyl (C=O) groups is 1. The van der Waals surface area contributed by atoms with Gasteiger partial charge in [-0.1, -0.05) is 39.0 Å². The molecule has 3 rings (SSSR count). The van der Waals surface area contributed by atoms with Crippen molar-refractivity contribution in [3.63, 3.8) is 0 Å². The second kappa shape index (κ2) is 9.27. The number of anilines is 1. The van der Waals surface area contributed by atoms with Gasteiger partial charge in [0.25, 0.3) is 5.91 Å². The molecule has 1 amide bonds. The monoisotopic (exact) mass is 427 g/mol. The largest absolute Gasteiger partial charge is 0.482 e. The molecule has 1 fully saturated rings. The Hall–Kier alpha value is -2.60. The van der Waals surface area contributed by atoms with Crippen molar-refractivity contribution in [1.82, 2.24) is 9.80 Å². The summed E-state index contributed by atoms with van der Waals surface area (Å²) in [4.78, 5) is 17.1. The lowest BCUT2D eigenvalue weighted by molar-refractivity contribution is -0.139. The van der Waals surface area contributed by atoms with Crippen molar-refractivity contribution in [3.05, 3.63) is 59.4 Å². The Morgan fingerprint density at radius 1 is 1.10 bits per heavy atom. The van der Waals surface area contributed by atoms with Crippen LogP contribution in [-0.4, -0.2) is 47.5 Å². The Morgan fingerprint density at radius 3 is 2.39 bits per heavy atom. The molecule has 2 N–H and O–H groups in total. The third kappa shape index (κ3) is 5.76. The molecule has 1 heterocycles. The van der Waals surface area contributed by atoms with Crippen LogP contribution in [0.25, 0.3) is 0 Å². The van der Waals surface area contributed by atoms with E-state index in [0.29, 0.717) is 18.0 Å². The van der Waals surface area contributed by atoms with Gasteiger partial charge in [0.1, 0.15) is 11.6 Å². The highest BCUT2D eigenvalue weighted by Crippen LogP contribution is 2.29. The lowest BCUT2D eigenvalue weighted by Crippen LogP contribution is -2.58. The van der Waals surface area contributed by atoms with Crippen LogP contribution in [0.5, 0.6) is 5.75 Å². The maximum atomic E-state index is 13.2. The average Bonchev–Trinajstić information content (AvgIpc) is 2.70. The number of nitrogens with zero attached hydrogens (tertiary/aromatic N) is 2. The van der Waals surface area contributed by atoms with E-state index < -0.39 is 0 Å². The van der Waals surface area contributed by atoms with Crippen molar-refractivity contribution >= 4 is 11.6 Å². The fourth-order valence-electron chi connectivity index (χ4n) is 3.96. The smallest absolute Gasteiger partial charge is 0.260 e. The number of amides is 1. The van der Waals surface area contributed by atoms with Crippen LogP contribution in [0.3, 0.4) is 0 Å². The third-order valence-electron chi connectivity index (χ3n) is 5.96. The molecule has 31 heavy (non-hydrogen) atoms. The molecule has 1 aliphatic heterocycles. The Balaban J connectivity index is 1.57. The summed E-state index contributed by atoms with van der Waals surface area (Å²) in [7, 11) is 0. The number of nitrogen functional groups attached to an aromatic ring is 1. The second-order valence-corrected chi connectivity index (χ2v) is 9.59. The van der Waals surface area contributed by atoms with Gasteiger partial charge in [-0.25, -0.2) is 4.39 Å². The van der Waals surface area contributed by atoms with E-state index in [9.17, 15) is 9.18 Å². The minimum absolute atomic E-state index is 0.00161. The minimum Gasteiger partial charge on any atom is -0.482 e. The number of ether oxygens (including phenoxy) is 1. The van der Waals surface area contributed by atoms with E-state index in [0.717, 1.165) is 24.2 Å². The summed E-state index contributed by atoms with van der Waals surface area (Å²) in [6.45, 7) is 12.6. The minimum atomic E-state index is -0.228. The summed E-state index contributed by atoms with van der Waals surface area (Å²) in [5, 5.41) is 0. The second-order valence-electron chi connectivity index (χ2n) is 9.59. The van der Waals surface area contributed by atoms with Crippen LogP contribution in [0.15, 0.2) is 42.5 Å². The summed E-state index contributed by atoms with van der Waals surface area (Å²) in [5.41, 5.74) is 8.90. The molecule has 2 aromatic rings. The van der Waals surface area contributed by atoms with Crippen LogP contribution in [0, 0.1) is 5.82 Å². The van der Waals surface area contributed by atoms with Gasteiger partial charge >= 0.3 is 0 Å². The van der Waals surface area contributed by atoms with E-state index in [1.165, 1.54) is 12.1 Å². The molecule has 0 aliphatic carbocycles. The lowest BCUT2D eigenvalue weighted by atomic mass is 9.87. The molecule has 2 aromatic carbocycles. The Labute approximate surface area is 185 Å². The Bertz CT molecular complexity index is 908. The number of halogens is 1. The van der Waals surface area contributed by atoms with Crippen molar-refractivity contribution < 1.29 is 13.9 Å². The van der Waals surface area contributed by atoms with E-state index in [4.69, 9.17) is 10.5 Å². The first-order valence-electron chi connectivity index (χ1n) is 10.9. The quantitative estimate of drug-likeness (QED) is 0.727. The van der Waals surface area contributed by atoms with Crippen molar-refractivity contribution in [3.8, 4) is 5.75 Å². The fourth-order valence-corrected chi connectivity index (χ4v) is 3.96. The standard InChI is InChI=1S/C25H34FN3O2/c1-17-14-29(18(2)13-28(17)15-19-6-9-21(26)10-7-19)24(30)16-31-23-11-8-20(12-22(23)27)25(3,4)5/h6-12,17-18H,13-16,27H2,1-5H3/t17-,18+/m1/s1. The lowest BCUT2D eigenvalue weighted by Gasteiger charge is -2.44. The van der Waals surface area contributed by atoms with E-state index in [1.54, 1.807) is 0 Å². The van der Waals surface area contributed by atoms with Crippen LogP contribution in [0.1, 0.15) is 45.7 Å². The summed E-state index contributed by atoms with van der Waals surface area (Å²) in [6, 6.07) is 12.6. The average molecular weight is 428 g/mol. The zero-order valence-electron chi connectivity index (χ0n) is 19.2. The number of hydrogen-bond donors (Lipinski definition) is 1. The first kappa shape index (κ1) is 23.1. The maximum Gasteiger partial charge on any atom is 0.260 e. The normalized spacial score (nSPS) is 20.0. The number of rotatable bonds is 5. The number of benzene rings is 2. The fraction of sp³-hybridized carbons (Fsp3) is 0.480. The number of hydrogen-bond acceptors (Lipinski definition) is 4. The molecule has 1 saturated heterocycles. The van der Waals surface area contributed by atoms with E-state index >= 15 is 0 Å². The maximum absolute atomic E-state index is 13.2. The topological polar surface area (TPSA) is 58.8 Å². The highest BCUT2D eigenvalue weighted by Gasteiger charge is 2.32. The molecule has 1 aliphatic rings. The third-order valence-corrected chi connectivity index (χ3v) is 5.96. The molecular formula is C25H34FN3O2. The van der Waals surface area contributed by atoms with Crippen LogP contribution >= 0.6 is 0 Å². The first-order valence-corrected chi connectivity index (χ1v) is 10.9. The van der Waals surface area contributed by atoms with Gasteiger partial charge in [0, 0.05) is 31.7 Å². The van der Waals surface area contributed by atoms with Gasteiger partial charge in [-0.15, -0.1) is 0 Å². The molecule has 2 atom stereocenters. The van der Waals surface area contributed by atoms with Crippen molar-refractivity contribution in [1.29, 1.82) is 0 Å². The molecule has 0 spiro atoms. The van der Waals surface area contributed by atoms with Crippen LogP contribution in [-0.2, 0) is 16.8 Å². The van der Waals surface area contributed by atoms with Gasteiger partial charge in [-0.2, -0.15) is 0 Å². The highest BCUT2D eigenvalue weighted by molar-refractivity contribution is 5.78. The van der Waals surface area contributed by atoms with Crippen LogP contribution in [0.4, 0.5) is 10.1 Å². The number of piperazine rings is 1. The van der Waals surface area contributed by atoms with Gasteiger partial charge in [-0.05, 0) is 54.7 Å². The van der Waals surface area contributed by atoms with Gasteiger partial charge < -0.3 is 15.4 Å². The molecular weight excluding hydrogens is 393 g/mol. The van der Waals surface area contributed by atoms with Crippen LogP contribution < -0.4 is 10.5 Å². The predicted octanol–water partition coefficient (Wildman–Crippen LogP) is 4.21. The number of nitrogens with two attached hydrogens (primary N) is 1. The summed E-state index contributed by atoms with van der Waals surface area (Å²) in [5.74, 6) is 0.270. The van der Waals surface area contributed by atoms with Gasteiger partial charge in [0.2, 0.25) is 0 Å². The number of carbonyl (C=O) groups excluding carboxylic acids is 1. The molecule has 0 saturated carbocycles. The zero-order valence-corrected chi connectivity index (χ0v) is 19.2. The molecule has 0 unspecified atom stereocenters. The molecule has 0 aromatic heterocycles. The van der Waals surface area contributed by atoms with Crippen LogP contribution in [0.2, 0.25) is 0 Å². The first-order chi connectivity index (χ1) is 14.5.